The van der Waals surface area contributed by atoms with Crippen LogP contribution in [0.15, 0.2) is 48.5 Å². The van der Waals surface area contributed by atoms with Crippen LogP contribution in [0.4, 0.5) is 0 Å². The molecule has 4 rings (SSSR count). The molecule has 0 radical (unpaired) electrons. The number of carbonyl (C=O) groups excluding carboxylic acids is 2. The molecule has 6 nitrogen and oxygen atoms in total. The summed E-state index contributed by atoms with van der Waals surface area (Å²) in [6.07, 6.45) is 3.96. The van der Waals surface area contributed by atoms with Gasteiger partial charge in [0.2, 0.25) is 0 Å². The lowest BCUT2D eigenvalue weighted by Gasteiger charge is -2.40. The number of carbonyl (C=O) groups is 2. The third-order valence-electron chi connectivity index (χ3n) is 6.59. The van der Waals surface area contributed by atoms with Crippen LogP contribution in [0, 0.1) is 0 Å². The van der Waals surface area contributed by atoms with Crippen LogP contribution < -0.4 is 10.1 Å². The number of amides is 2. The van der Waals surface area contributed by atoms with Crippen molar-refractivity contribution < 1.29 is 14.3 Å². The zero-order chi connectivity index (χ0) is 23.6. The molecule has 0 aliphatic carbocycles. The average Bonchev–Trinajstić information content (AvgIpc) is 2.84. The predicted molar refractivity (Wildman–Crippen MR) is 131 cm³/mol. The molecule has 6 heteroatoms. The zero-order valence-electron chi connectivity index (χ0n) is 20.0. The van der Waals surface area contributed by atoms with Gasteiger partial charge in [0, 0.05) is 56.7 Å². The molecular formula is C27H33N3O3. The van der Waals surface area contributed by atoms with E-state index < -0.39 is 5.60 Å². The molecule has 33 heavy (non-hydrogen) atoms. The summed E-state index contributed by atoms with van der Waals surface area (Å²) in [7, 11) is 3.51. The number of nitrogens with one attached hydrogen (secondary N) is 1. The predicted octanol–water partition coefficient (Wildman–Crippen LogP) is 3.82. The van der Waals surface area contributed by atoms with Crippen molar-refractivity contribution in [2.75, 3.05) is 40.3 Å². The number of benzene rings is 2. The maximum absolute atomic E-state index is 12.7. The maximum Gasteiger partial charge on any atom is 0.253 e. The lowest BCUT2D eigenvalue weighted by atomic mass is 9.83. The highest BCUT2D eigenvalue weighted by Crippen LogP contribution is 2.43. The summed E-state index contributed by atoms with van der Waals surface area (Å²) in [4.78, 5) is 28.7. The van der Waals surface area contributed by atoms with Crippen LogP contribution in [0.2, 0.25) is 0 Å². The Bertz CT molecular complexity index is 1060. The van der Waals surface area contributed by atoms with E-state index in [-0.39, 0.29) is 11.8 Å². The molecule has 1 spiro atoms. The second-order valence-electron chi connectivity index (χ2n) is 8.94. The van der Waals surface area contributed by atoms with Gasteiger partial charge in [-0.1, -0.05) is 12.1 Å². The van der Waals surface area contributed by atoms with Crippen LogP contribution in [-0.2, 0) is 0 Å². The van der Waals surface area contributed by atoms with E-state index in [1.807, 2.05) is 61.2 Å². The Morgan fingerprint density at radius 3 is 2.18 bits per heavy atom. The molecule has 0 bridgehead atoms. The van der Waals surface area contributed by atoms with Gasteiger partial charge >= 0.3 is 0 Å². The molecule has 1 saturated heterocycles. The van der Waals surface area contributed by atoms with Gasteiger partial charge in [-0.05, 0) is 74.5 Å². The average molecular weight is 448 g/mol. The Morgan fingerprint density at radius 1 is 0.939 bits per heavy atom. The van der Waals surface area contributed by atoms with Gasteiger partial charge in [-0.3, -0.25) is 9.59 Å². The van der Waals surface area contributed by atoms with Gasteiger partial charge in [0.05, 0.1) is 0 Å². The molecular weight excluding hydrogens is 414 g/mol. The molecule has 0 atom stereocenters. The first-order valence-electron chi connectivity index (χ1n) is 11.8. The number of hydrogen-bond donors (Lipinski definition) is 1. The number of ether oxygens (including phenoxy) is 1. The van der Waals surface area contributed by atoms with E-state index in [0.29, 0.717) is 24.2 Å². The lowest BCUT2D eigenvalue weighted by Crippen LogP contribution is -2.46. The summed E-state index contributed by atoms with van der Waals surface area (Å²) in [6, 6.07) is 13.6. The summed E-state index contributed by atoms with van der Waals surface area (Å²) >= 11 is 0. The monoisotopic (exact) mass is 447 g/mol. The van der Waals surface area contributed by atoms with Crippen molar-refractivity contribution in [3.8, 4) is 5.75 Å². The van der Waals surface area contributed by atoms with Crippen molar-refractivity contribution in [2.45, 2.75) is 32.3 Å². The SMILES string of the molecule is CCN(CC)C(=O)c1ccc(C2=CC3(CCNCC3)Oc3cc(C(=O)N(C)C)ccc32)cc1. The molecule has 2 amide bonds. The van der Waals surface area contributed by atoms with E-state index in [1.165, 1.54) is 0 Å². The Balaban J connectivity index is 1.74. The maximum atomic E-state index is 12.7. The smallest absolute Gasteiger partial charge is 0.253 e. The topological polar surface area (TPSA) is 61.9 Å². The fourth-order valence-electron chi connectivity index (χ4n) is 4.63. The van der Waals surface area contributed by atoms with Crippen molar-refractivity contribution in [2.24, 2.45) is 0 Å². The van der Waals surface area contributed by atoms with Crippen LogP contribution in [-0.4, -0.2) is 67.5 Å². The first-order valence-corrected chi connectivity index (χ1v) is 11.8. The Hall–Kier alpha value is -3.12. The van der Waals surface area contributed by atoms with Crippen molar-refractivity contribution in [1.82, 2.24) is 15.1 Å². The molecule has 2 aliphatic heterocycles. The Morgan fingerprint density at radius 2 is 1.58 bits per heavy atom. The number of piperidine rings is 1. The van der Waals surface area contributed by atoms with E-state index in [0.717, 1.165) is 48.4 Å². The summed E-state index contributed by atoms with van der Waals surface area (Å²) in [5, 5.41) is 3.41. The fraction of sp³-hybridized carbons (Fsp3) is 0.407. The van der Waals surface area contributed by atoms with Crippen LogP contribution in [0.25, 0.3) is 5.57 Å². The van der Waals surface area contributed by atoms with E-state index in [4.69, 9.17) is 4.74 Å². The fourth-order valence-corrected chi connectivity index (χ4v) is 4.63. The van der Waals surface area contributed by atoms with Gasteiger partial charge < -0.3 is 19.9 Å². The van der Waals surface area contributed by atoms with Crippen LogP contribution >= 0.6 is 0 Å². The molecule has 0 aromatic heterocycles. The van der Waals surface area contributed by atoms with Gasteiger partial charge in [-0.2, -0.15) is 0 Å². The Kier molecular flexibility index (Phi) is 6.56. The molecule has 0 saturated carbocycles. The highest BCUT2D eigenvalue weighted by molar-refractivity contribution is 5.97. The second-order valence-corrected chi connectivity index (χ2v) is 8.94. The third-order valence-corrected chi connectivity index (χ3v) is 6.59. The van der Waals surface area contributed by atoms with Crippen molar-refractivity contribution in [3.63, 3.8) is 0 Å². The molecule has 2 aromatic carbocycles. The summed E-state index contributed by atoms with van der Waals surface area (Å²) in [6.45, 7) is 7.13. The van der Waals surface area contributed by atoms with Crippen molar-refractivity contribution >= 4 is 17.4 Å². The van der Waals surface area contributed by atoms with Crippen LogP contribution in [0.3, 0.4) is 0 Å². The standard InChI is InChI=1S/C27H33N3O3/c1-5-30(6-2)26(32)20-9-7-19(8-10-20)23-18-27(13-15-28-16-14-27)33-24-17-21(11-12-22(23)24)25(31)29(3)4/h7-12,17-18,28H,5-6,13-16H2,1-4H3. The number of hydrogen-bond acceptors (Lipinski definition) is 4. The van der Waals surface area contributed by atoms with Gasteiger partial charge in [-0.25, -0.2) is 0 Å². The van der Waals surface area contributed by atoms with Gasteiger partial charge in [-0.15, -0.1) is 0 Å². The first-order chi connectivity index (χ1) is 15.9. The summed E-state index contributed by atoms with van der Waals surface area (Å²) < 4.78 is 6.56. The molecule has 0 unspecified atom stereocenters. The summed E-state index contributed by atoms with van der Waals surface area (Å²) in [5.74, 6) is 0.746. The van der Waals surface area contributed by atoms with E-state index >= 15 is 0 Å². The normalized spacial score (nSPS) is 16.4. The zero-order valence-corrected chi connectivity index (χ0v) is 20.0. The highest BCUT2D eigenvalue weighted by Gasteiger charge is 2.37. The van der Waals surface area contributed by atoms with Crippen molar-refractivity contribution in [3.05, 3.63) is 70.8 Å². The van der Waals surface area contributed by atoms with E-state index in [2.05, 4.69) is 11.4 Å². The van der Waals surface area contributed by atoms with Gasteiger partial charge in [0.25, 0.3) is 11.8 Å². The number of fused-ring (bicyclic) bond motifs is 1. The second kappa shape index (κ2) is 9.40. The summed E-state index contributed by atoms with van der Waals surface area (Å²) in [5.41, 5.74) is 4.01. The largest absolute Gasteiger partial charge is 0.482 e. The molecule has 2 heterocycles. The minimum Gasteiger partial charge on any atom is -0.482 e. The van der Waals surface area contributed by atoms with Gasteiger partial charge in [0.15, 0.2) is 0 Å². The Labute approximate surface area is 196 Å². The third kappa shape index (κ3) is 4.53. The number of nitrogens with zero attached hydrogens (tertiary/aromatic N) is 2. The molecule has 1 fully saturated rings. The minimum atomic E-state index is -0.400. The van der Waals surface area contributed by atoms with E-state index in [1.54, 1.807) is 19.0 Å². The van der Waals surface area contributed by atoms with E-state index in [9.17, 15) is 9.59 Å². The first kappa shape index (κ1) is 23.1. The minimum absolute atomic E-state index is 0.0452. The lowest BCUT2D eigenvalue weighted by molar-refractivity contribution is 0.0772. The van der Waals surface area contributed by atoms with Crippen molar-refractivity contribution in [1.29, 1.82) is 0 Å². The quantitative estimate of drug-likeness (QED) is 0.757. The van der Waals surface area contributed by atoms with Crippen LogP contribution in [0.5, 0.6) is 5.75 Å². The molecule has 1 N–H and O–H groups in total. The van der Waals surface area contributed by atoms with Crippen LogP contribution in [0.1, 0.15) is 58.5 Å². The number of rotatable bonds is 5. The molecule has 2 aliphatic rings. The molecule has 2 aromatic rings. The highest BCUT2D eigenvalue weighted by atomic mass is 16.5. The molecule has 174 valence electrons. The van der Waals surface area contributed by atoms with Gasteiger partial charge in [0.1, 0.15) is 11.4 Å².